The Bertz CT molecular complexity index is 857. The number of thiazole rings is 1. The Kier molecular flexibility index (Phi) is 8.24. The number of rotatable bonds is 6. The van der Waals surface area contributed by atoms with Gasteiger partial charge in [0.1, 0.15) is 0 Å². The topological polar surface area (TPSA) is 62.2 Å². The Balaban J connectivity index is 0.00000243. The van der Waals surface area contributed by atoms with E-state index in [0.29, 0.717) is 6.54 Å². The van der Waals surface area contributed by atoms with Crippen LogP contribution in [0.3, 0.4) is 0 Å². The average Bonchev–Trinajstić information content (AvgIpc) is 3.05. The van der Waals surface area contributed by atoms with E-state index < -0.39 is 0 Å². The fourth-order valence-electron chi connectivity index (χ4n) is 2.60. The van der Waals surface area contributed by atoms with Gasteiger partial charge in [-0.3, -0.25) is 4.98 Å². The quantitative estimate of drug-likeness (QED) is 0.319. The number of guanidine groups is 1. The number of nitrogens with zero attached hydrogens (tertiary/aromatic N) is 3. The van der Waals surface area contributed by atoms with Crippen LogP contribution in [0.1, 0.15) is 22.4 Å². The molecule has 26 heavy (non-hydrogen) atoms. The van der Waals surface area contributed by atoms with E-state index >= 15 is 0 Å². The maximum absolute atomic E-state index is 4.72. The largest absolute Gasteiger partial charge is 0.357 e. The molecule has 7 heteroatoms. The lowest BCUT2D eigenvalue weighted by molar-refractivity contribution is 0.797. The molecule has 0 unspecified atom stereocenters. The number of pyridine rings is 1. The zero-order valence-electron chi connectivity index (χ0n) is 15.0. The van der Waals surface area contributed by atoms with Gasteiger partial charge < -0.3 is 10.6 Å². The third kappa shape index (κ3) is 5.63. The maximum Gasteiger partial charge on any atom is 0.191 e. The molecule has 0 aliphatic rings. The summed E-state index contributed by atoms with van der Waals surface area (Å²) in [6.07, 6.45) is 4.67. The van der Waals surface area contributed by atoms with Gasteiger partial charge in [-0.2, -0.15) is 0 Å². The fourth-order valence-corrected chi connectivity index (χ4v) is 3.39. The third-order valence-electron chi connectivity index (χ3n) is 3.79. The minimum Gasteiger partial charge on any atom is -0.357 e. The van der Waals surface area contributed by atoms with Gasteiger partial charge in [0.15, 0.2) is 5.96 Å². The molecule has 3 aromatic rings. The third-order valence-corrected chi connectivity index (χ3v) is 4.76. The minimum atomic E-state index is 0. The highest BCUT2D eigenvalue weighted by Crippen LogP contribution is 2.16. The fraction of sp³-hybridized carbons (Fsp3) is 0.316. The predicted octanol–water partition coefficient (Wildman–Crippen LogP) is 3.92. The van der Waals surface area contributed by atoms with Crippen molar-refractivity contribution >= 4 is 52.2 Å². The first-order chi connectivity index (χ1) is 12.3. The second-order valence-corrected chi connectivity index (χ2v) is 7.04. The summed E-state index contributed by atoms with van der Waals surface area (Å²) in [5.74, 6) is 0.830. The number of aliphatic imine (C=N–C) groups is 1. The SMILES string of the molecule is CCNC(=NCc1ccnc2ccccc12)NCCc1ncc(C)s1.I. The van der Waals surface area contributed by atoms with Crippen LogP contribution < -0.4 is 10.6 Å². The van der Waals surface area contributed by atoms with Crippen LogP contribution >= 0.6 is 35.3 Å². The summed E-state index contributed by atoms with van der Waals surface area (Å²) in [7, 11) is 0. The lowest BCUT2D eigenvalue weighted by Crippen LogP contribution is -2.38. The molecule has 0 saturated carbocycles. The molecule has 5 nitrogen and oxygen atoms in total. The van der Waals surface area contributed by atoms with E-state index in [2.05, 4.69) is 40.5 Å². The lowest BCUT2D eigenvalue weighted by Gasteiger charge is -2.11. The molecular formula is C19H24IN5S. The monoisotopic (exact) mass is 481 g/mol. The molecule has 2 heterocycles. The van der Waals surface area contributed by atoms with Crippen molar-refractivity contribution in [3.05, 3.63) is 58.2 Å². The maximum atomic E-state index is 4.72. The number of para-hydroxylation sites is 1. The minimum absolute atomic E-state index is 0. The average molecular weight is 481 g/mol. The highest BCUT2D eigenvalue weighted by Gasteiger charge is 2.03. The number of fused-ring (bicyclic) bond motifs is 1. The molecule has 0 spiro atoms. The summed E-state index contributed by atoms with van der Waals surface area (Å²) in [6.45, 7) is 6.42. The van der Waals surface area contributed by atoms with Gasteiger partial charge in [-0.15, -0.1) is 35.3 Å². The van der Waals surface area contributed by atoms with Crippen molar-refractivity contribution < 1.29 is 0 Å². The molecular weight excluding hydrogens is 457 g/mol. The Hall–Kier alpha value is -1.74. The van der Waals surface area contributed by atoms with Gasteiger partial charge in [-0.25, -0.2) is 9.98 Å². The second kappa shape index (κ2) is 10.4. The molecule has 138 valence electrons. The lowest BCUT2D eigenvalue weighted by atomic mass is 10.1. The normalized spacial score (nSPS) is 11.2. The van der Waals surface area contributed by atoms with Crippen LogP contribution in [0.2, 0.25) is 0 Å². The van der Waals surface area contributed by atoms with Crippen LogP contribution in [-0.4, -0.2) is 29.0 Å². The van der Waals surface area contributed by atoms with Gasteiger partial charge in [-0.1, -0.05) is 18.2 Å². The number of benzene rings is 1. The van der Waals surface area contributed by atoms with Crippen molar-refractivity contribution in [2.24, 2.45) is 4.99 Å². The molecule has 0 bridgehead atoms. The van der Waals surface area contributed by atoms with Crippen molar-refractivity contribution in [2.75, 3.05) is 13.1 Å². The molecule has 0 aliphatic heterocycles. The second-order valence-electron chi connectivity index (χ2n) is 5.72. The van der Waals surface area contributed by atoms with Gasteiger partial charge in [0.05, 0.1) is 17.1 Å². The number of aromatic nitrogens is 2. The summed E-state index contributed by atoms with van der Waals surface area (Å²) in [5.41, 5.74) is 2.19. The van der Waals surface area contributed by atoms with Crippen molar-refractivity contribution in [3.8, 4) is 0 Å². The molecule has 0 aliphatic carbocycles. The zero-order chi connectivity index (χ0) is 17.5. The highest BCUT2D eigenvalue weighted by molar-refractivity contribution is 14.0. The molecule has 0 amide bonds. The predicted molar refractivity (Wildman–Crippen MR) is 121 cm³/mol. The van der Waals surface area contributed by atoms with Crippen LogP contribution in [0.4, 0.5) is 0 Å². The van der Waals surface area contributed by atoms with E-state index in [1.807, 2.05) is 36.7 Å². The van der Waals surface area contributed by atoms with Crippen LogP contribution in [-0.2, 0) is 13.0 Å². The molecule has 3 rings (SSSR count). The van der Waals surface area contributed by atoms with E-state index in [1.54, 1.807) is 11.3 Å². The highest BCUT2D eigenvalue weighted by atomic mass is 127. The molecule has 0 radical (unpaired) electrons. The number of hydrogen-bond donors (Lipinski definition) is 2. The molecule has 2 N–H and O–H groups in total. The Morgan fingerprint density at radius 3 is 2.77 bits per heavy atom. The van der Waals surface area contributed by atoms with E-state index in [4.69, 9.17) is 4.99 Å². The van der Waals surface area contributed by atoms with Crippen molar-refractivity contribution in [1.82, 2.24) is 20.6 Å². The summed E-state index contributed by atoms with van der Waals surface area (Å²) in [4.78, 5) is 14.8. The number of halogens is 1. The first kappa shape index (κ1) is 20.6. The van der Waals surface area contributed by atoms with Crippen LogP contribution in [0, 0.1) is 6.92 Å². The Morgan fingerprint density at radius 2 is 2.00 bits per heavy atom. The van der Waals surface area contributed by atoms with E-state index in [1.165, 1.54) is 10.4 Å². The smallest absolute Gasteiger partial charge is 0.191 e. The van der Waals surface area contributed by atoms with E-state index in [0.717, 1.165) is 41.4 Å². The number of nitrogens with one attached hydrogen (secondary N) is 2. The standard InChI is InChI=1S/C19H23N5S.HI/c1-3-20-19(22-11-9-18-23-12-14(2)25-18)24-13-15-8-10-21-17-7-5-4-6-16(15)17;/h4-8,10,12H,3,9,11,13H2,1-2H3,(H2,20,22,24);1H. The van der Waals surface area contributed by atoms with E-state index in [9.17, 15) is 0 Å². The Labute approximate surface area is 175 Å². The summed E-state index contributed by atoms with van der Waals surface area (Å²) in [6, 6.07) is 10.2. The first-order valence-corrected chi connectivity index (χ1v) is 9.34. The summed E-state index contributed by atoms with van der Waals surface area (Å²) in [5, 5.41) is 8.99. The van der Waals surface area contributed by atoms with Gasteiger partial charge >= 0.3 is 0 Å². The first-order valence-electron chi connectivity index (χ1n) is 8.52. The number of aryl methyl sites for hydroxylation is 1. The number of hydrogen-bond acceptors (Lipinski definition) is 4. The zero-order valence-corrected chi connectivity index (χ0v) is 18.2. The molecule has 0 atom stereocenters. The van der Waals surface area contributed by atoms with Crippen molar-refractivity contribution in [1.29, 1.82) is 0 Å². The van der Waals surface area contributed by atoms with Gasteiger partial charge in [0.2, 0.25) is 0 Å². The van der Waals surface area contributed by atoms with Crippen molar-refractivity contribution in [3.63, 3.8) is 0 Å². The molecule has 0 saturated heterocycles. The molecule has 1 aromatic carbocycles. The van der Waals surface area contributed by atoms with Crippen LogP contribution in [0.25, 0.3) is 10.9 Å². The summed E-state index contributed by atoms with van der Waals surface area (Å²) < 4.78 is 0. The van der Waals surface area contributed by atoms with E-state index in [-0.39, 0.29) is 24.0 Å². The molecule has 0 fully saturated rings. The van der Waals surface area contributed by atoms with Crippen LogP contribution in [0.5, 0.6) is 0 Å². The molecule has 2 aromatic heterocycles. The Morgan fingerprint density at radius 1 is 1.15 bits per heavy atom. The summed E-state index contributed by atoms with van der Waals surface area (Å²) >= 11 is 1.75. The van der Waals surface area contributed by atoms with Gasteiger partial charge in [0.25, 0.3) is 0 Å². The van der Waals surface area contributed by atoms with Gasteiger partial charge in [-0.05, 0) is 31.5 Å². The van der Waals surface area contributed by atoms with Gasteiger partial charge in [0, 0.05) is 42.2 Å². The van der Waals surface area contributed by atoms with Crippen LogP contribution in [0.15, 0.2) is 47.7 Å². The van der Waals surface area contributed by atoms with Crippen molar-refractivity contribution in [2.45, 2.75) is 26.8 Å².